The summed E-state index contributed by atoms with van der Waals surface area (Å²) in [6, 6.07) is 26.0. The van der Waals surface area contributed by atoms with Crippen LogP contribution in [0.25, 0.3) is 10.4 Å². The van der Waals surface area contributed by atoms with Crippen molar-refractivity contribution in [2.45, 2.75) is 65.3 Å². The first kappa shape index (κ1) is 60.0. The maximum absolute atomic E-state index is 14.8. The van der Waals surface area contributed by atoms with Gasteiger partial charge >= 0.3 is 6.03 Å². The lowest BCUT2D eigenvalue weighted by molar-refractivity contribution is -0.144. The number of halogens is 2. The van der Waals surface area contributed by atoms with Crippen molar-refractivity contribution in [3.8, 4) is 10.4 Å². The number of aryl methyl sites for hydroxylation is 1. The molecule has 0 unspecified atom stereocenters. The number of rotatable bonds is 22. The number of hydrogen-bond donors (Lipinski definition) is 7. The Hall–Kier alpha value is -8.09. The smallest absolute Gasteiger partial charge is 0.317 e. The number of urea groups is 1. The number of nitrogens with one attached hydrogen (secondary N) is 6. The summed E-state index contributed by atoms with van der Waals surface area (Å²) in [6.07, 6.45) is 0.350. The van der Waals surface area contributed by atoms with Crippen molar-refractivity contribution in [1.82, 2.24) is 45.6 Å². The summed E-state index contributed by atoms with van der Waals surface area (Å²) < 4.78 is 25.9. The van der Waals surface area contributed by atoms with Gasteiger partial charge < -0.3 is 61.2 Å². The number of thiazole rings is 1. The SMILES string of the molecule is Cc1ncsc1-c1ccc(CNC(=O)[C@@H]2C[C@@H](O)CN2C(=O)[C@@H](NC(=O)COCCOCCNC(=O)N2CCN(C(=O)Cc3ccc(Nc4ncc(F)c(Nc5ccc(C(=O)Nc6ccccc6Cl)cc5)n4)cc3)CC2)C(C)(C)C)cc1. The van der Waals surface area contributed by atoms with Crippen LogP contribution < -0.4 is 31.9 Å². The molecule has 2 aliphatic rings. The number of carbonyl (C=O) groups excluding carboxylic acids is 6. The predicted octanol–water partition coefficient (Wildman–Crippen LogP) is 6.68. The van der Waals surface area contributed by atoms with Crippen LogP contribution in [0.2, 0.25) is 5.02 Å². The minimum absolute atomic E-state index is 0.0489. The van der Waals surface area contributed by atoms with Crippen LogP contribution in [-0.4, -0.2) is 154 Å². The summed E-state index contributed by atoms with van der Waals surface area (Å²) in [5, 5.41) is 28.2. The molecule has 0 spiro atoms. The summed E-state index contributed by atoms with van der Waals surface area (Å²) in [7, 11) is 0. The molecule has 432 valence electrons. The molecule has 6 aromatic rings. The number of nitrogens with zero attached hydrogens (tertiary/aromatic N) is 6. The summed E-state index contributed by atoms with van der Waals surface area (Å²) in [5.41, 5.74) is 6.63. The van der Waals surface area contributed by atoms with Crippen molar-refractivity contribution in [3.05, 3.63) is 142 Å². The van der Waals surface area contributed by atoms with Crippen LogP contribution in [0.3, 0.4) is 0 Å². The number of aliphatic hydroxyl groups is 1. The molecule has 0 saturated carbocycles. The Morgan fingerprint density at radius 1 is 0.817 bits per heavy atom. The molecule has 3 atom stereocenters. The maximum Gasteiger partial charge on any atom is 0.317 e. The van der Waals surface area contributed by atoms with Crippen LogP contribution >= 0.6 is 22.9 Å². The van der Waals surface area contributed by atoms with Crippen LogP contribution in [0.4, 0.5) is 38.0 Å². The predicted molar refractivity (Wildman–Crippen MR) is 309 cm³/mol. The van der Waals surface area contributed by atoms with Gasteiger partial charge in [0, 0.05) is 69.2 Å². The zero-order valence-corrected chi connectivity index (χ0v) is 47.4. The normalized spacial score (nSPS) is 15.6. The van der Waals surface area contributed by atoms with Gasteiger partial charge in [-0.25, -0.2) is 19.2 Å². The number of β-amino-alcohol motifs (C(OH)–C–C–N with tert-alkyl or cyclic N) is 1. The average Bonchev–Trinajstić information content (AvgIpc) is 4.13. The topological polar surface area (TPSA) is 262 Å². The lowest BCUT2D eigenvalue weighted by Gasteiger charge is -2.35. The zero-order valence-electron chi connectivity index (χ0n) is 45.9. The van der Waals surface area contributed by atoms with E-state index in [1.807, 2.05) is 31.2 Å². The Kier molecular flexibility index (Phi) is 20.5. The molecule has 2 aromatic heterocycles. The number of benzene rings is 4. The van der Waals surface area contributed by atoms with E-state index in [1.54, 1.807) is 120 Å². The number of aliphatic hydroxyl groups excluding tert-OH is 1. The lowest BCUT2D eigenvalue weighted by atomic mass is 9.85. The molecule has 2 fully saturated rings. The third-order valence-electron chi connectivity index (χ3n) is 13.6. The van der Waals surface area contributed by atoms with Crippen LogP contribution in [0, 0.1) is 18.2 Å². The molecule has 4 aromatic carbocycles. The minimum atomic E-state index is -1.01. The number of aromatic nitrogens is 3. The van der Waals surface area contributed by atoms with Gasteiger partial charge in [-0.3, -0.25) is 24.0 Å². The monoisotopic (exact) mass is 1160 g/mol. The number of ether oxygens (including phenoxy) is 2. The second-order valence-electron chi connectivity index (χ2n) is 20.7. The highest BCUT2D eigenvalue weighted by Gasteiger charge is 2.44. The van der Waals surface area contributed by atoms with Crippen molar-refractivity contribution < 1.29 is 47.7 Å². The molecular formula is C58H66ClFN12O9S. The molecule has 82 heavy (non-hydrogen) atoms. The molecule has 0 radical (unpaired) electrons. The van der Waals surface area contributed by atoms with E-state index in [4.69, 9.17) is 21.1 Å². The van der Waals surface area contributed by atoms with Crippen LogP contribution in [0.5, 0.6) is 0 Å². The number of piperazine rings is 1. The van der Waals surface area contributed by atoms with Crippen molar-refractivity contribution in [2.75, 3.05) is 81.6 Å². The maximum atomic E-state index is 14.8. The average molecular weight is 1160 g/mol. The van der Waals surface area contributed by atoms with Gasteiger partial charge in [0.1, 0.15) is 18.7 Å². The Balaban J connectivity index is 0.682. The van der Waals surface area contributed by atoms with Gasteiger partial charge in [-0.05, 0) is 77.6 Å². The Labute approximate surface area is 483 Å². The van der Waals surface area contributed by atoms with Crippen LogP contribution in [0.1, 0.15) is 54.4 Å². The van der Waals surface area contributed by atoms with E-state index in [1.165, 1.54) is 4.90 Å². The number of hydrogen-bond acceptors (Lipinski definition) is 15. The van der Waals surface area contributed by atoms with Crippen molar-refractivity contribution >= 4 is 87.3 Å². The largest absolute Gasteiger partial charge is 0.391 e. The number of likely N-dealkylation sites (tertiary alicyclic amines) is 1. The van der Waals surface area contributed by atoms with Gasteiger partial charge in [-0.2, -0.15) is 4.98 Å². The fraction of sp³-hybridized carbons (Fsp3) is 0.362. The van der Waals surface area contributed by atoms with Gasteiger partial charge in [0.05, 0.1) is 65.3 Å². The molecule has 0 bridgehead atoms. The fourth-order valence-electron chi connectivity index (χ4n) is 9.10. The molecule has 21 nitrogen and oxygen atoms in total. The van der Waals surface area contributed by atoms with E-state index in [0.29, 0.717) is 53.8 Å². The second kappa shape index (κ2) is 28.1. The summed E-state index contributed by atoms with van der Waals surface area (Å²) >= 11 is 7.72. The van der Waals surface area contributed by atoms with E-state index in [-0.39, 0.29) is 88.5 Å². The Morgan fingerprint density at radius 3 is 2.18 bits per heavy atom. The highest BCUT2D eigenvalue weighted by molar-refractivity contribution is 7.13. The molecule has 0 aliphatic carbocycles. The summed E-state index contributed by atoms with van der Waals surface area (Å²) in [4.78, 5) is 97.8. The van der Waals surface area contributed by atoms with Crippen molar-refractivity contribution in [1.29, 1.82) is 0 Å². The van der Waals surface area contributed by atoms with E-state index >= 15 is 0 Å². The molecule has 24 heteroatoms. The number of anilines is 5. The lowest BCUT2D eigenvalue weighted by Crippen LogP contribution is -2.58. The zero-order chi connectivity index (χ0) is 58.3. The third kappa shape index (κ3) is 16.5. The van der Waals surface area contributed by atoms with Gasteiger partial charge in [-0.15, -0.1) is 11.3 Å². The van der Waals surface area contributed by atoms with E-state index in [2.05, 4.69) is 46.9 Å². The minimum Gasteiger partial charge on any atom is -0.391 e. The van der Waals surface area contributed by atoms with Crippen molar-refractivity contribution in [3.63, 3.8) is 0 Å². The first-order valence-electron chi connectivity index (χ1n) is 26.7. The van der Waals surface area contributed by atoms with Crippen molar-refractivity contribution in [2.24, 2.45) is 5.41 Å². The summed E-state index contributed by atoms with van der Waals surface area (Å²) in [6.45, 7) is 9.24. The highest BCUT2D eigenvalue weighted by Crippen LogP contribution is 2.29. The van der Waals surface area contributed by atoms with Gasteiger partial charge in [0.15, 0.2) is 11.6 Å². The Morgan fingerprint density at radius 2 is 1.49 bits per heavy atom. The van der Waals surface area contributed by atoms with E-state index in [9.17, 15) is 38.3 Å². The first-order chi connectivity index (χ1) is 39.4. The molecule has 2 saturated heterocycles. The number of para-hydroxylation sites is 1. The molecule has 4 heterocycles. The number of carbonyl (C=O) groups is 6. The molecule has 7 N–H and O–H groups in total. The fourth-order valence-corrected chi connectivity index (χ4v) is 10.1. The standard InChI is InChI=1S/C58H66ClFN12O9S/c1-36-50(82-35-64-36)39-13-9-38(10-14-39)31-62-54(77)47-30-43(73)33-72(47)55(78)51(58(2,3)4)68-48(74)34-81-28-27-80-26-21-61-57(79)71-24-22-70(23-25-71)49(75)29-37-11-17-42(18-12-37)66-56-63-32-45(60)52(69-56)65-41-19-15-40(16-20-41)53(76)67-46-8-6-5-7-44(46)59/h5-20,32,35,43,47,51,73H,21-31,33-34H2,1-4H3,(H,61,79)(H,62,77)(H,67,76)(H,68,74)(H2,63,65,66,69)/t43-,47+,51-/m1/s1. The molecule has 7 amide bonds. The van der Waals surface area contributed by atoms with Gasteiger partial charge in [0.25, 0.3) is 5.91 Å². The van der Waals surface area contributed by atoms with Crippen LogP contribution in [-0.2, 0) is 41.6 Å². The second-order valence-corrected chi connectivity index (χ2v) is 22.0. The third-order valence-corrected chi connectivity index (χ3v) is 14.9. The molecule has 2 aliphatic heterocycles. The van der Waals surface area contributed by atoms with E-state index < -0.39 is 47.1 Å². The quantitative estimate of drug-likeness (QED) is 0.0350. The van der Waals surface area contributed by atoms with Gasteiger partial charge in [0.2, 0.25) is 29.6 Å². The molecule has 8 rings (SSSR count). The number of amides is 7. The summed E-state index contributed by atoms with van der Waals surface area (Å²) in [5.74, 6) is -2.49. The molecular weight excluding hydrogens is 1100 g/mol. The first-order valence-corrected chi connectivity index (χ1v) is 28.0. The van der Waals surface area contributed by atoms with Crippen LogP contribution in [0.15, 0.2) is 109 Å². The highest BCUT2D eigenvalue weighted by atomic mass is 35.5. The van der Waals surface area contributed by atoms with Gasteiger partial charge in [-0.1, -0.05) is 80.9 Å². The Bertz CT molecular complexity index is 3190. The van der Waals surface area contributed by atoms with E-state index in [0.717, 1.165) is 33.5 Å².